The molecule has 8 nitrogen and oxygen atoms in total. The van der Waals surface area contributed by atoms with E-state index in [1.54, 1.807) is 6.92 Å². The first-order valence-electron chi connectivity index (χ1n) is 7.31. The van der Waals surface area contributed by atoms with E-state index in [2.05, 4.69) is 0 Å². The number of nitro benzene ring substituents is 1. The second-order valence-corrected chi connectivity index (χ2v) is 6.01. The molecule has 10 heteroatoms. The maximum absolute atomic E-state index is 12.4. The highest BCUT2D eigenvalue weighted by Gasteiger charge is 2.40. The molecule has 0 bridgehead atoms. The lowest BCUT2D eigenvalue weighted by Crippen LogP contribution is -2.26. The number of nitrogens with zero attached hydrogens (tertiary/aromatic N) is 2. The van der Waals surface area contributed by atoms with Gasteiger partial charge in [-0.05, 0) is 19.9 Å². The summed E-state index contributed by atoms with van der Waals surface area (Å²) in [5, 5.41) is 21.0. The number of nitriles is 1. The van der Waals surface area contributed by atoms with Crippen molar-refractivity contribution in [2.45, 2.75) is 19.8 Å². The number of esters is 1. The Balaban J connectivity index is 2.82. The van der Waals surface area contributed by atoms with Crippen molar-refractivity contribution in [3.63, 3.8) is 0 Å². The van der Waals surface area contributed by atoms with Crippen LogP contribution in [0.3, 0.4) is 0 Å². The first kappa shape index (κ1) is 19.6. The number of carbonyl (C=O) groups excluding carboxylic acids is 1. The number of hydrogen-bond acceptors (Lipinski definition) is 7. The highest BCUT2D eigenvalue weighted by Crippen LogP contribution is 2.45. The van der Waals surface area contributed by atoms with Gasteiger partial charge in [0.2, 0.25) is 5.88 Å². The highest BCUT2D eigenvalue weighted by atomic mass is 35.5. The van der Waals surface area contributed by atoms with Gasteiger partial charge in [0, 0.05) is 11.6 Å². The number of allylic oxidation sites excluding steroid dienone is 2. The van der Waals surface area contributed by atoms with Crippen LogP contribution in [-0.2, 0) is 14.3 Å². The molecule has 1 aliphatic rings. The molecule has 0 aliphatic carbocycles. The molecular formula is C16H13Cl2N3O5. The topological polar surface area (TPSA) is 128 Å². The number of halogens is 2. The number of nitrogens with two attached hydrogens (primary N) is 1. The molecule has 0 amide bonds. The van der Waals surface area contributed by atoms with E-state index in [0.717, 1.165) is 6.07 Å². The molecule has 1 aromatic carbocycles. The Kier molecular flexibility index (Phi) is 5.75. The summed E-state index contributed by atoms with van der Waals surface area (Å²) in [4.78, 5) is 23.2. The van der Waals surface area contributed by atoms with E-state index in [1.165, 1.54) is 13.0 Å². The van der Waals surface area contributed by atoms with Gasteiger partial charge >= 0.3 is 5.97 Å². The standard InChI is InChI=1S/C16H13Cl2N3O5/c1-3-25-16(22)13-7(2)26-15(20)9(6-19)14(13)8-4-10(17)11(18)5-12(8)21(23)24/h4-5,14H,3,20H2,1-2H3. The predicted molar refractivity (Wildman–Crippen MR) is 93.1 cm³/mol. The number of nitro groups is 1. The summed E-state index contributed by atoms with van der Waals surface area (Å²) in [5.41, 5.74) is 5.09. The van der Waals surface area contributed by atoms with Crippen LogP contribution in [0.2, 0.25) is 10.0 Å². The van der Waals surface area contributed by atoms with Crippen LogP contribution < -0.4 is 5.73 Å². The summed E-state index contributed by atoms with van der Waals surface area (Å²) in [6, 6.07) is 4.12. The summed E-state index contributed by atoms with van der Waals surface area (Å²) >= 11 is 11.9. The monoisotopic (exact) mass is 397 g/mol. The number of carbonyl (C=O) groups is 1. The number of benzene rings is 1. The van der Waals surface area contributed by atoms with E-state index >= 15 is 0 Å². The summed E-state index contributed by atoms with van der Waals surface area (Å²) in [5.74, 6) is -2.15. The zero-order chi connectivity index (χ0) is 19.6. The second kappa shape index (κ2) is 7.64. The van der Waals surface area contributed by atoms with Crippen molar-refractivity contribution in [1.82, 2.24) is 0 Å². The van der Waals surface area contributed by atoms with E-state index in [1.807, 2.05) is 6.07 Å². The molecule has 1 aromatic rings. The van der Waals surface area contributed by atoms with Crippen LogP contribution in [0.1, 0.15) is 25.3 Å². The smallest absolute Gasteiger partial charge is 0.338 e. The molecule has 0 saturated heterocycles. The fraction of sp³-hybridized carbons (Fsp3) is 0.250. The van der Waals surface area contributed by atoms with Crippen molar-refractivity contribution in [1.29, 1.82) is 5.26 Å². The fourth-order valence-corrected chi connectivity index (χ4v) is 2.94. The van der Waals surface area contributed by atoms with Crippen molar-refractivity contribution < 1.29 is 19.2 Å². The molecule has 2 N–H and O–H groups in total. The lowest BCUT2D eigenvalue weighted by atomic mass is 9.82. The Bertz CT molecular complexity index is 902. The number of hydrogen-bond donors (Lipinski definition) is 1. The SMILES string of the molecule is CCOC(=O)C1=C(C)OC(N)=C(C#N)C1c1cc(Cl)c(Cl)cc1[N+](=O)[O-]. The average Bonchev–Trinajstić information content (AvgIpc) is 2.56. The summed E-state index contributed by atoms with van der Waals surface area (Å²) in [6.07, 6.45) is 0. The van der Waals surface area contributed by atoms with Crippen LogP contribution >= 0.6 is 23.2 Å². The van der Waals surface area contributed by atoms with Gasteiger partial charge in [-0.3, -0.25) is 10.1 Å². The van der Waals surface area contributed by atoms with Crippen LogP contribution in [0.5, 0.6) is 0 Å². The van der Waals surface area contributed by atoms with Gasteiger partial charge in [-0.2, -0.15) is 5.26 Å². The van der Waals surface area contributed by atoms with Crippen molar-refractivity contribution in [2.24, 2.45) is 5.73 Å². The van der Waals surface area contributed by atoms with E-state index in [9.17, 15) is 20.2 Å². The van der Waals surface area contributed by atoms with Crippen LogP contribution in [-0.4, -0.2) is 17.5 Å². The Morgan fingerprint density at radius 1 is 1.46 bits per heavy atom. The molecule has 0 spiro atoms. The minimum Gasteiger partial charge on any atom is -0.463 e. The predicted octanol–water partition coefficient (Wildman–Crippen LogP) is 3.55. The molecular weight excluding hydrogens is 385 g/mol. The van der Waals surface area contributed by atoms with Crippen LogP contribution in [0.4, 0.5) is 5.69 Å². The molecule has 1 aliphatic heterocycles. The molecule has 1 unspecified atom stereocenters. The second-order valence-electron chi connectivity index (χ2n) is 5.20. The zero-order valence-electron chi connectivity index (χ0n) is 13.7. The lowest BCUT2D eigenvalue weighted by Gasteiger charge is -2.26. The lowest BCUT2D eigenvalue weighted by molar-refractivity contribution is -0.385. The third-order valence-corrected chi connectivity index (χ3v) is 4.40. The van der Waals surface area contributed by atoms with Gasteiger partial charge in [0.15, 0.2) is 0 Å². The molecule has 136 valence electrons. The third kappa shape index (κ3) is 3.45. The molecule has 0 aromatic heterocycles. The van der Waals surface area contributed by atoms with Crippen LogP contribution in [0.25, 0.3) is 0 Å². The van der Waals surface area contributed by atoms with Crippen molar-refractivity contribution in [3.05, 3.63) is 60.6 Å². The fourth-order valence-electron chi connectivity index (χ4n) is 2.61. The molecule has 26 heavy (non-hydrogen) atoms. The molecule has 0 saturated carbocycles. The quantitative estimate of drug-likeness (QED) is 0.467. The zero-order valence-corrected chi connectivity index (χ0v) is 15.2. The van der Waals surface area contributed by atoms with Crippen LogP contribution in [0, 0.1) is 21.4 Å². The van der Waals surface area contributed by atoms with E-state index in [-0.39, 0.29) is 45.0 Å². The van der Waals surface area contributed by atoms with Gasteiger partial charge < -0.3 is 15.2 Å². The Morgan fingerprint density at radius 3 is 2.62 bits per heavy atom. The highest BCUT2D eigenvalue weighted by molar-refractivity contribution is 6.42. The largest absolute Gasteiger partial charge is 0.463 e. The van der Waals surface area contributed by atoms with Crippen molar-refractivity contribution in [2.75, 3.05) is 6.61 Å². The molecule has 1 atom stereocenters. The first-order chi connectivity index (χ1) is 12.2. The molecule has 0 fully saturated rings. The third-order valence-electron chi connectivity index (χ3n) is 3.68. The van der Waals surface area contributed by atoms with Gasteiger partial charge in [0.25, 0.3) is 5.69 Å². The van der Waals surface area contributed by atoms with E-state index in [4.69, 9.17) is 38.4 Å². The van der Waals surface area contributed by atoms with Crippen molar-refractivity contribution in [3.8, 4) is 6.07 Å². The van der Waals surface area contributed by atoms with E-state index < -0.39 is 22.5 Å². The Morgan fingerprint density at radius 2 is 2.08 bits per heavy atom. The van der Waals surface area contributed by atoms with Gasteiger partial charge in [-0.25, -0.2) is 4.79 Å². The summed E-state index contributed by atoms with van der Waals surface area (Å²) in [6.45, 7) is 3.11. The van der Waals surface area contributed by atoms with E-state index in [0.29, 0.717) is 0 Å². The number of ether oxygens (including phenoxy) is 2. The summed E-state index contributed by atoms with van der Waals surface area (Å²) in [7, 11) is 0. The Hall–Kier alpha value is -2.76. The van der Waals surface area contributed by atoms with Gasteiger partial charge in [-0.15, -0.1) is 0 Å². The van der Waals surface area contributed by atoms with Gasteiger partial charge in [0.1, 0.15) is 17.4 Å². The van der Waals surface area contributed by atoms with Crippen molar-refractivity contribution >= 4 is 34.9 Å². The number of rotatable bonds is 4. The molecule has 2 rings (SSSR count). The Labute approximate surface area is 158 Å². The maximum atomic E-state index is 12.4. The average molecular weight is 398 g/mol. The van der Waals surface area contributed by atoms with Gasteiger partial charge in [0.05, 0.1) is 33.1 Å². The van der Waals surface area contributed by atoms with Crippen LogP contribution in [0.15, 0.2) is 34.9 Å². The minimum atomic E-state index is -1.18. The minimum absolute atomic E-state index is 0.0189. The first-order valence-corrected chi connectivity index (χ1v) is 8.07. The maximum Gasteiger partial charge on any atom is 0.338 e. The molecule has 0 radical (unpaired) electrons. The normalized spacial score (nSPS) is 16.8. The van der Waals surface area contributed by atoms with Gasteiger partial charge in [-0.1, -0.05) is 23.2 Å². The summed E-state index contributed by atoms with van der Waals surface area (Å²) < 4.78 is 10.3. The molecule has 1 heterocycles.